The lowest BCUT2D eigenvalue weighted by Gasteiger charge is -2.08. The first-order chi connectivity index (χ1) is 7.48. The number of hydrogen-bond acceptors (Lipinski definition) is 2. The molecule has 16 heavy (non-hydrogen) atoms. The van der Waals surface area contributed by atoms with Gasteiger partial charge in [0, 0.05) is 13.0 Å². The lowest BCUT2D eigenvalue weighted by molar-refractivity contribution is -0.116. The third-order valence-electron chi connectivity index (χ3n) is 3.74. The molecule has 1 aliphatic carbocycles. The molecule has 1 unspecified atom stereocenters. The summed E-state index contributed by atoms with van der Waals surface area (Å²) in [5, 5.41) is 9.15. The second-order valence-electron chi connectivity index (χ2n) is 5.60. The fourth-order valence-electron chi connectivity index (χ4n) is 2.17. The van der Waals surface area contributed by atoms with E-state index in [9.17, 15) is 4.79 Å². The molecule has 0 radical (unpaired) electrons. The molecule has 0 amide bonds. The van der Waals surface area contributed by atoms with E-state index in [1.165, 1.54) is 12.8 Å². The molecule has 0 aromatic carbocycles. The lowest BCUT2D eigenvalue weighted by atomic mass is 9.98. The quantitative estimate of drug-likeness (QED) is 0.675. The molecule has 0 spiro atoms. The molecule has 1 saturated carbocycles. The van der Waals surface area contributed by atoms with Crippen molar-refractivity contribution < 1.29 is 9.90 Å². The van der Waals surface area contributed by atoms with Crippen LogP contribution in [-0.2, 0) is 4.79 Å². The number of carbonyl (C=O) groups is 1. The zero-order chi connectivity index (χ0) is 12.2. The summed E-state index contributed by atoms with van der Waals surface area (Å²) in [6.45, 7) is 6.29. The average molecular weight is 224 g/mol. The van der Waals surface area contributed by atoms with E-state index in [2.05, 4.69) is 19.9 Å². The Bertz CT molecular complexity index is 270. The Morgan fingerprint density at radius 1 is 1.62 bits per heavy atom. The molecule has 0 aromatic heterocycles. The summed E-state index contributed by atoms with van der Waals surface area (Å²) in [6.07, 6.45) is 8.21. The number of aliphatic hydroxyl groups is 1. The predicted molar refractivity (Wildman–Crippen MR) is 66.1 cm³/mol. The molecular formula is C14H24O2. The molecule has 0 aromatic rings. The fraction of sp³-hybridized carbons (Fsp3) is 0.786. The van der Waals surface area contributed by atoms with Gasteiger partial charge in [0.25, 0.3) is 0 Å². The van der Waals surface area contributed by atoms with E-state index in [0.717, 1.165) is 6.42 Å². The maximum atomic E-state index is 10.7. The molecule has 2 nitrogen and oxygen atoms in total. The van der Waals surface area contributed by atoms with Crippen molar-refractivity contribution in [2.75, 3.05) is 6.61 Å². The Morgan fingerprint density at radius 3 is 2.81 bits per heavy atom. The van der Waals surface area contributed by atoms with Crippen LogP contribution in [0.4, 0.5) is 0 Å². The number of ketones is 1. The molecule has 1 fully saturated rings. The smallest absolute Gasteiger partial charge is 0.133 e. The summed E-state index contributed by atoms with van der Waals surface area (Å²) in [5.74, 6) is 1.47. The van der Waals surface area contributed by atoms with Gasteiger partial charge in [0.05, 0.1) is 0 Å². The van der Waals surface area contributed by atoms with Gasteiger partial charge in [-0.1, -0.05) is 26.0 Å². The third-order valence-corrected chi connectivity index (χ3v) is 3.74. The molecule has 1 rings (SSSR count). The Morgan fingerprint density at radius 2 is 2.31 bits per heavy atom. The van der Waals surface area contributed by atoms with E-state index >= 15 is 0 Å². The summed E-state index contributed by atoms with van der Waals surface area (Å²) in [6, 6.07) is 0. The fourth-order valence-corrected chi connectivity index (χ4v) is 2.17. The standard InChI is InChI=1S/C14H24O2/c1-11(5-4-6-12(2)16)7-8-13-9-14(13,3)10-15/h4-5,11,13,15H,6-10H2,1-3H3/b5-4+/t11?,13-,14+/m1/s1. The number of hydrogen-bond donors (Lipinski definition) is 1. The van der Waals surface area contributed by atoms with Gasteiger partial charge in [0.2, 0.25) is 0 Å². The van der Waals surface area contributed by atoms with Crippen LogP contribution in [0.1, 0.15) is 46.5 Å². The van der Waals surface area contributed by atoms with E-state index in [1.807, 2.05) is 6.08 Å². The van der Waals surface area contributed by atoms with Crippen LogP contribution in [0.3, 0.4) is 0 Å². The minimum absolute atomic E-state index is 0.211. The summed E-state index contributed by atoms with van der Waals surface area (Å²) in [7, 11) is 0. The van der Waals surface area contributed by atoms with Gasteiger partial charge in [-0.3, -0.25) is 4.79 Å². The van der Waals surface area contributed by atoms with Crippen LogP contribution in [0.5, 0.6) is 0 Å². The maximum Gasteiger partial charge on any atom is 0.133 e. The zero-order valence-corrected chi connectivity index (χ0v) is 10.7. The second kappa shape index (κ2) is 5.62. The summed E-state index contributed by atoms with van der Waals surface area (Å²) in [4.78, 5) is 10.7. The van der Waals surface area contributed by atoms with Crippen molar-refractivity contribution in [3.8, 4) is 0 Å². The largest absolute Gasteiger partial charge is 0.396 e. The van der Waals surface area contributed by atoms with E-state index in [0.29, 0.717) is 24.9 Å². The Balaban J connectivity index is 2.14. The molecule has 2 heteroatoms. The molecule has 0 heterocycles. The van der Waals surface area contributed by atoms with Gasteiger partial charge in [-0.15, -0.1) is 0 Å². The highest BCUT2D eigenvalue weighted by Crippen LogP contribution is 2.54. The molecule has 1 N–H and O–H groups in total. The van der Waals surface area contributed by atoms with Crippen LogP contribution in [0.15, 0.2) is 12.2 Å². The van der Waals surface area contributed by atoms with Gasteiger partial charge >= 0.3 is 0 Å². The van der Waals surface area contributed by atoms with Crippen molar-refractivity contribution in [1.29, 1.82) is 0 Å². The van der Waals surface area contributed by atoms with Crippen molar-refractivity contribution in [2.45, 2.75) is 46.5 Å². The molecule has 92 valence electrons. The van der Waals surface area contributed by atoms with Gasteiger partial charge in [-0.2, -0.15) is 0 Å². The normalized spacial score (nSPS) is 30.6. The lowest BCUT2D eigenvalue weighted by Crippen LogP contribution is -2.04. The van der Waals surface area contributed by atoms with Gasteiger partial charge < -0.3 is 5.11 Å². The second-order valence-corrected chi connectivity index (χ2v) is 5.60. The molecule has 0 bridgehead atoms. The highest BCUT2D eigenvalue weighted by atomic mass is 16.3. The minimum Gasteiger partial charge on any atom is -0.396 e. The van der Waals surface area contributed by atoms with Crippen LogP contribution in [0.25, 0.3) is 0 Å². The van der Waals surface area contributed by atoms with E-state index in [4.69, 9.17) is 5.11 Å². The van der Waals surface area contributed by atoms with E-state index in [-0.39, 0.29) is 11.2 Å². The first-order valence-electron chi connectivity index (χ1n) is 6.25. The maximum absolute atomic E-state index is 10.7. The molecular weight excluding hydrogens is 200 g/mol. The van der Waals surface area contributed by atoms with E-state index in [1.54, 1.807) is 6.92 Å². The Labute approximate surface area is 98.7 Å². The topological polar surface area (TPSA) is 37.3 Å². The monoisotopic (exact) mass is 224 g/mol. The first-order valence-corrected chi connectivity index (χ1v) is 6.25. The highest BCUT2D eigenvalue weighted by molar-refractivity contribution is 5.76. The number of rotatable bonds is 7. The molecule has 3 atom stereocenters. The highest BCUT2D eigenvalue weighted by Gasteiger charge is 2.48. The van der Waals surface area contributed by atoms with Crippen molar-refractivity contribution in [1.82, 2.24) is 0 Å². The van der Waals surface area contributed by atoms with E-state index < -0.39 is 0 Å². The van der Waals surface area contributed by atoms with Gasteiger partial charge in [-0.25, -0.2) is 0 Å². The van der Waals surface area contributed by atoms with Crippen LogP contribution < -0.4 is 0 Å². The number of Topliss-reactive ketones (excluding diaryl/α,β-unsaturated/α-hetero) is 1. The van der Waals surface area contributed by atoms with Crippen LogP contribution in [0.2, 0.25) is 0 Å². The zero-order valence-electron chi connectivity index (χ0n) is 10.7. The SMILES string of the molecule is CC(=O)C/C=C/C(C)CC[C@@H]1C[C@@]1(C)CO. The number of allylic oxidation sites excluding steroid dienone is 2. The van der Waals surface area contributed by atoms with Crippen LogP contribution in [0, 0.1) is 17.3 Å². The third kappa shape index (κ3) is 4.09. The van der Waals surface area contributed by atoms with Crippen molar-refractivity contribution in [3.05, 3.63) is 12.2 Å². The van der Waals surface area contributed by atoms with Crippen LogP contribution in [-0.4, -0.2) is 17.5 Å². The first kappa shape index (κ1) is 13.4. The molecule has 1 aliphatic rings. The number of aliphatic hydroxyl groups excluding tert-OH is 1. The number of carbonyl (C=O) groups excluding carboxylic acids is 1. The Kier molecular flexibility index (Phi) is 4.72. The van der Waals surface area contributed by atoms with Crippen molar-refractivity contribution in [3.63, 3.8) is 0 Å². The van der Waals surface area contributed by atoms with Gasteiger partial charge in [0.15, 0.2) is 0 Å². The van der Waals surface area contributed by atoms with Gasteiger partial charge in [-0.05, 0) is 43.4 Å². The summed E-state index contributed by atoms with van der Waals surface area (Å²) in [5.41, 5.74) is 0.211. The summed E-state index contributed by atoms with van der Waals surface area (Å²) >= 11 is 0. The predicted octanol–water partition coefficient (Wildman–Crippen LogP) is 2.96. The Hall–Kier alpha value is -0.630. The van der Waals surface area contributed by atoms with Gasteiger partial charge in [0.1, 0.15) is 5.78 Å². The molecule has 0 saturated heterocycles. The summed E-state index contributed by atoms with van der Waals surface area (Å²) < 4.78 is 0. The van der Waals surface area contributed by atoms with Crippen molar-refractivity contribution >= 4 is 5.78 Å². The minimum atomic E-state index is 0.211. The van der Waals surface area contributed by atoms with Crippen LogP contribution >= 0.6 is 0 Å². The van der Waals surface area contributed by atoms with Crippen molar-refractivity contribution in [2.24, 2.45) is 17.3 Å². The average Bonchev–Trinajstić information content (AvgIpc) is 2.87. The molecule has 0 aliphatic heterocycles.